The van der Waals surface area contributed by atoms with Crippen molar-refractivity contribution in [3.63, 3.8) is 0 Å². The summed E-state index contributed by atoms with van der Waals surface area (Å²) < 4.78 is 11.1. The van der Waals surface area contributed by atoms with Crippen molar-refractivity contribution in [2.75, 3.05) is 7.11 Å². The first kappa shape index (κ1) is 14.9. The summed E-state index contributed by atoms with van der Waals surface area (Å²) in [5.74, 6) is 1.62. The standard InChI is InChI=1S/C17H25NO2/c1-13(2)20-16-10-9-14(11-17(16)19-3)12-18-15-7-5-4-6-8-15/h4-5,9-11,13,15,18H,6-8,12H2,1-3H3. The van der Waals surface area contributed by atoms with Gasteiger partial charge in [0.1, 0.15) is 0 Å². The van der Waals surface area contributed by atoms with Crippen LogP contribution in [0.15, 0.2) is 30.4 Å². The molecule has 20 heavy (non-hydrogen) atoms. The summed E-state index contributed by atoms with van der Waals surface area (Å²) in [5.41, 5.74) is 1.23. The highest BCUT2D eigenvalue weighted by atomic mass is 16.5. The van der Waals surface area contributed by atoms with E-state index >= 15 is 0 Å². The maximum Gasteiger partial charge on any atom is 0.161 e. The zero-order valence-corrected chi connectivity index (χ0v) is 12.7. The average Bonchev–Trinajstić information content (AvgIpc) is 2.46. The molecule has 0 amide bonds. The minimum Gasteiger partial charge on any atom is -0.493 e. The lowest BCUT2D eigenvalue weighted by molar-refractivity contribution is 0.230. The van der Waals surface area contributed by atoms with E-state index in [0.29, 0.717) is 6.04 Å². The lowest BCUT2D eigenvalue weighted by atomic mass is 10.0. The Bertz CT molecular complexity index is 454. The number of allylic oxidation sites excluding steroid dienone is 1. The summed E-state index contributed by atoms with van der Waals surface area (Å²) in [4.78, 5) is 0. The summed E-state index contributed by atoms with van der Waals surface area (Å²) in [6, 6.07) is 6.75. The van der Waals surface area contributed by atoms with Crippen LogP contribution in [-0.2, 0) is 6.54 Å². The fourth-order valence-electron chi connectivity index (χ4n) is 2.41. The molecule has 1 unspecified atom stereocenters. The van der Waals surface area contributed by atoms with Crippen LogP contribution >= 0.6 is 0 Å². The summed E-state index contributed by atoms with van der Waals surface area (Å²) >= 11 is 0. The van der Waals surface area contributed by atoms with Crippen molar-refractivity contribution in [3.8, 4) is 11.5 Å². The summed E-state index contributed by atoms with van der Waals surface area (Å²) in [5, 5.41) is 3.60. The van der Waals surface area contributed by atoms with Crippen LogP contribution in [0.25, 0.3) is 0 Å². The average molecular weight is 275 g/mol. The molecule has 1 aromatic rings. The molecule has 0 aliphatic heterocycles. The number of rotatable bonds is 6. The Kier molecular flexibility index (Phi) is 5.48. The van der Waals surface area contributed by atoms with Gasteiger partial charge in [-0.25, -0.2) is 0 Å². The molecule has 0 fully saturated rings. The number of methoxy groups -OCH3 is 1. The molecule has 1 aromatic carbocycles. The first-order chi connectivity index (χ1) is 9.69. The Morgan fingerprint density at radius 3 is 2.75 bits per heavy atom. The maximum atomic E-state index is 5.73. The van der Waals surface area contributed by atoms with Crippen LogP contribution in [0.5, 0.6) is 11.5 Å². The van der Waals surface area contributed by atoms with Crippen LogP contribution in [0.4, 0.5) is 0 Å². The van der Waals surface area contributed by atoms with Crippen LogP contribution < -0.4 is 14.8 Å². The van der Waals surface area contributed by atoms with E-state index in [1.165, 1.54) is 18.4 Å². The quantitative estimate of drug-likeness (QED) is 0.803. The molecule has 1 aliphatic rings. The van der Waals surface area contributed by atoms with Crippen LogP contribution in [-0.4, -0.2) is 19.3 Å². The van der Waals surface area contributed by atoms with Crippen molar-refractivity contribution in [1.82, 2.24) is 5.32 Å². The van der Waals surface area contributed by atoms with Crippen LogP contribution in [0, 0.1) is 0 Å². The molecule has 0 radical (unpaired) electrons. The summed E-state index contributed by atoms with van der Waals surface area (Å²) in [6.07, 6.45) is 8.22. The van der Waals surface area contributed by atoms with E-state index in [0.717, 1.165) is 24.5 Å². The van der Waals surface area contributed by atoms with Crippen molar-refractivity contribution < 1.29 is 9.47 Å². The van der Waals surface area contributed by atoms with Gasteiger partial charge in [-0.3, -0.25) is 0 Å². The van der Waals surface area contributed by atoms with E-state index < -0.39 is 0 Å². The second-order valence-electron chi connectivity index (χ2n) is 5.51. The van der Waals surface area contributed by atoms with Gasteiger partial charge in [-0.2, -0.15) is 0 Å². The predicted molar refractivity (Wildman–Crippen MR) is 82.4 cm³/mol. The van der Waals surface area contributed by atoms with E-state index in [1.54, 1.807) is 7.11 Å². The second kappa shape index (κ2) is 7.34. The van der Waals surface area contributed by atoms with Gasteiger partial charge in [0.2, 0.25) is 0 Å². The fraction of sp³-hybridized carbons (Fsp3) is 0.529. The van der Waals surface area contributed by atoms with Crippen LogP contribution in [0.2, 0.25) is 0 Å². The first-order valence-electron chi connectivity index (χ1n) is 7.41. The normalized spacial score (nSPS) is 18.3. The van der Waals surface area contributed by atoms with Gasteiger partial charge in [-0.1, -0.05) is 18.2 Å². The molecule has 0 aromatic heterocycles. The SMILES string of the molecule is COc1cc(CNC2CC=CCC2)ccc1OC(C)C. The Labute approximate surface area is 122 Å². The van der Waals surface area contributed by atoms with E-state index in [4.69, 9.17) is 9.47 Å². The zero-order chi connectivity index (χ0) is 14.4. The van der Waals surface area contributed by atoms with Gasteiger partial charge >= 0.3 is 0 Å². The lowest BCUT2D eigenvalue weighted by Gasteiger charge is -2.20. The van der Waals surface area contributed by atoms with Gasteiger partial charge in [-0.15, -0.1) is 0 Å². The van der Waals surface area contributed by atoms with Crippen LogP contribution in [0.3, 0.4) is 0 Å². The molecular formula is C17H25NO2. The molecule has 110 valence electrons. The highest BCUT2D eigenvalue weighted by Crippen LogP contribution is 2.29. The third kappa shape index (κ3) is 4.27. The van der Waals surface area contributed by atoms with Crippen molar-refractivity contribution in [2.24, 2.45) is 0 Å². The molecule has 0 heterocycles. The molecule has 1 N–H and O–H groups in total. The van der Waals surface area contributed by atoms with Gasteiger partial charge in [-0.05, 0) is 50.8 Å². The molecule has 0 saturated heterocycles. The number of nitrogens with one attached hydrogen (secondary N) is 1. The Balaban J connectivity index is 1.96. The molecule has 3 heteroatoms. The molecular weight excluding hydrogens is 250 g/mol. The smallest absolute Gasteiger partial charge is 0.161 e. The van der Waals surface area contributed by atoms with Gasteiger partial charge in [0, 0.05) is 12.6 Å². The first-order valence-corrected chi connectivity index (χ1v) is 7.41. The van der Waals surface area contributed by atoms with Gasteiger partial charge in [0.25, 0.3) is 0 Å². The second-order valence-corrected chi connectivity index (χ2v) is 5.51. The van der Waals surface area contributed by atoms with Crippen molar-refractivity contribution in [1.29, 1.82) is 0 Å². The van der Waals surface area contributed by atoms with Crippen molar-refractivity contribution in [3.05, 3.63) is 35.9 Å². The molecule has 0 bridgehead atoms. The van der Waals surface area contributed by atoms with E-state index in [9.17, 15) is 0 Å². The Hall–Kier alpha value is -1.48. The molecule has 1 atom stereocenters. The van der Waals surface area contributed by atoms with Gasteiger partial charge in [0.15, 0.2) is 11.5 Å². The maximum absolute atomic E-state index is 5.73. The van der Waals surface area contributed by atoms with Crippen LogP contribution in [0.1, 0.15) is 38.7 Å². The highest BCUT2D eigenvalue weighted by Gasteiger charge is 2.11. The molecule has 0 spiro atoms. The minimum absolute atomic E-state index is 0.155. The largest absolute Gasteiger partial charge is 0.493 e. The van der Waals surface area contributed by atoms with Crippen molar-refractivity contribution >= 4 is 0 Å². The molecule has 1 aliphatic carbocycles. The van der Waals surface area contributed by atoms with Gasteiger partial charge < -0.3 is 14.8 Å². The lowest BCUT2D eigenvalue weighted by Crippen LogP contribution is -2.29. The number of hydrogen-bond acceptors (Lipinski definition) is 3. The highest BCUT2D eigenvalue weighted by molar-refractivity contribution is 5.43. The fourth-order valence-corrected chi connectivity index (χ4v) is 2.41. The summed E-state index contributed by atoms with van der Waals surface area (Å²) in [7, 11) is 1.69. The Morgan fingerprint density at radius 1 is 1.25 bits per heavy atom. The number of hydrogen-bond donors (Lipinski definition) is 1. The predicted octanol–water partition coefficient (Wildman–Crippen LogP) is 3.68. The van der Waals surface area contributed by atoms with E-state index in [-0.39, 0.29) is 6.10 Å². The third-order valence-corrected chi connectivity index (χ3v) is 3.45. The third-order valence-electron chi connectivity index (χ3n) is 3.45. The van der Waals surface area contributed by atoms with Crippen molar-refractivity contribution in [2.45, 2.75) is 51.8 Å². The molecule has 2 rings (SSSR count). The zero-order valence-electron chi connectivity index (χ0n) is 12.7. The summed E-state index contributed by atoms with van der Waals surface area (Å²) in [6.45, 7) is 4.91. The molecule has 0 saturated carbocycles. The van der Waals surface area contributed by atoms with E-state index in [1.807, 2.05) is 19.9 Å². The minimum atomic E-state index is 0.155. The van der Waals surface area contributed by atoms with E-state index in [2.05, 4.69) is 29.6 Å². The Morgan fingerprint density at radius 2 is 2.10 bits per heavy atom. The van der Waals surface area contributed by atoms with Gasteiger partial charge in [0.05, 0.1) is 13.2 Å². The monoisotopic (exact) mass is 275 g/mol. The number of ether oxygens (including phenoxy) is 2. The number of benzene rings is 1. The molecule has 3 nitrogen and oxygen atoms in total. The topological polar surface area (TPSA) is 30.5 Å².